The average Bonchev–Trinajstić information content (AvgIpc) is 3.02. The number of nitrogens with zero attached hydrogens (tertiary/aromatic N) is 2. The molecule has 112 valence electrons. The highest BCUT2D eigenvalue weighted by Crippen LogP contribution is 2.25. The van der Waals surface area contributed by atoms with Crippen molar-refractivity contribution in [2.24, 2.45) is 0 Å². The smallest absolute Gasteiger partial charge is 0.134 e. The van der Waals surface area contributed by atoms with Crippen LogP contribution in [-0.2, 0) is 11.3 Å². The molecule has 1 aromatic heterocycles. The third-order valence-corrected chi connectivity index (χ3v) is 4.33. The Labute approximate surface area is 129 Å². The van der Waals surface area contributed by atoms with Gasteiger partial charge in [0.05, 0.1) is 19.2 Å². The van der Waals surface area contributed by atoms with Gasteiger partial charge < -0.3 is 9.47 Å². The number of rotatable bonds is 4. The van der Waals surface area contributed by atoms with Crippen molar-refractivity contribution in [2.45, 2.75) is 19.0 Å². The first kappa shape index (κ1) is 14.6. The average molecular weight is 307 g/mol. The van der Waals surface area contributed by atoms with E-state index in [-0.39, 0.29) is 0 Å². The first-order valence-electron chi connectivity index (χ1n) is 7.08. The fourth-order valence-corrected chi connectivity index (χ4v) is 2.88. The van der Waals surface area contributed by atoms with Crippen LogP contribution in [0.3, 0.4) is 0 Å². The van der Waals surface area contributed by atoms with E-state index in [2.05, 4.69) is 23.0 Å². The Morgan fingerprint density at radius 1 is 1.43 bits per heavy atom. The summed E-state index contributed by atoms with van der Waals surface area (Å²) in [4.78, 5) is 6.77. The third kappa shape index (κ3) is 3.12. The van der Waals surface area contributed by atoms with Gasteiger partial charge in [0, 0.05) is 36.2 Å². The van der Waals surface area contributed by atoms with Gasteiger partial charge in [-0.15, -0.1) is 0 Å². The Hall–Kier alpha value is -1.36. The Kier molecular flexibility index (Phi) is 4.29. The molecule has 1 aliphatic heterocycles. The second-order valence-electron chi connectivity index (χ2n) is 5.43. The lowest BCUT2D eigenvalue weighted by molar-refractivity contribution is 0.156. The van der Waals surface area contributed by atoms with Gasteiger partial charge >= 0.3 is 0 Å². The zero-order valence-corrected chi connectivity index (χ0v) is 13.1. The molecule has 0 amide bonds. The molecule has 0 saturated carbocycles. The Bertz CT molecular complexity index is 641. The topological polar surface area (TPSA) is 34.6 Å². The summed E-state index contributed by atoms with van der Waals surface area (Å²) < 4.78 is 10.7. The van der Waals surface area contributed by atoms with Crippen molar-refractivity contribution in [3.8, 4) is 5.75 Å². The van der Waals surface area contributed by atoms with E-state index in [1.54, 1.807) is 7.11 Å². The fourth-order valence-electron chi connectivity index (χ4n) is 2.67. The van der Waals surface area contributed by atoms with E-state index >= 15 is 0 Å². The van der Waals surface area contributed by atoms with E-state index in [4.69, 9.17) is 21.1 Å². The monoisotopic (exact) mass is 306 g/mol. The number of ether oxygens (including phenoxy) is 2. The predicted octanol–water partition coefficient (Wildman–Crippen LogP) is 3.12. The van der Waals surface area contributed by atoms with Crippen LogP contribution in [0, 0.1) is 0 Å². The maximum atomic E-state index is 6.34. The summed E-state index contributed by atoms with van der Waals surface area (Å²) in [5.41, 5.74) is 1.90. The number of hydrogen-bond acceptors (Lipinski definition) is 4. The number of halogens is 1. The van der Waals surface area contributed by atoms with E-state index in [9.17, 15) is 0 Å². The van der Waals surface area contributed by atoms with Gasteiger partial charge in [-0.2, -0.15) is 0 Å². The van der Waals surface area contributed by atoms with Crippen molar-refractivity contribution in [1.82, 2.24) is 9.88 Å². The summed E-state index contributed by atoms with van der Waals surface area (Å²) in [6, 6.07) is 8.43. The van der Waals surface area contributed by atoms with E-state index in [1.807, 2.05) is 18.2 Å². The highest BCUT2D eigenvalue weighted by molar-refractivity contribution is 6.30. The molecule has 5 heteroatoms. The van der Waals surface area contributed by atoms with Crippen LogP contribution < -0.4 is 4.74 Å². The molecule has 21 heavy (non-hydrogen) atoms. The largest absolute Gasteiger partial charge is 0.497 e. The lowest BCUT2D eigenvalue weighted by atomic mass is 10.1. The van der Waals surface area contributed by atoms with Crippen LogP contribution >= 0.6 is 11.6 Å². The molecule has 1 saturated heterocycles. The number of aromatic nitrogens is 1. The summed E-state index contributed by atoms with van der Waals surface area (Å²) >= 11 is 6.34. The number of methoxy groups -OCH3 is 1. The van der Waals surface area contributed by atoms with E-state index in [0.29, 0.717) is 11.2 Å². The number of likely N-dealkylation sites (N-methyl/N-ethyl adjacent to an activating group) is 1. The van der Waals surface area contributed by atoms with Crippen molar-refractivity contribution < 1.29 is 9.47 Å². The SMILES string of the molecule is COc1ccc2cc(CN(C)C3CCOC3)c(Cl)nc2c1. The maximum absolute atomic E-state index is 6.34. The molecule has 3 rings (SSSR count). The molecule has 0 spiro atoms. The minimum atomic E-state index is 0.465. The molecule has 4 nitrogen and oxygen atoms in total. The first-order valence-corrected chi connectivity index (χ1v) is 7.46. The molecule has 0 radical (unpaired) electrons. The number of hydrogen-bond donors (Lipinski definition) is 0. The molecule has 1 fully saturated rings. The summed E-state index contributed by atoms with van der Waals surface area (Å²) in [7, 11) is 3.75. The highest BCUT2D eigenvalue weighted by Gasteiger charge is 2.21. The summed E-state index contributed by atoms with van der Waals surface area (Å²) in [5, 5.41) is 1.63. The van der Waals surface area contributed by atoms with Gasteiger partial charge in [0.2, 0.25) is 0 Å². The first-order chi connectivity index (χ1) is 10.2. The van der Waals surface area contributed by atoms with Crippen LogP contribution in [0.2, 0.25) is 5.15 Å². The molecule has 1 unspecified atom stereocenters. The van der Waals surface area contributed by atoms with Gasteiger partial charge in [-0.3, -0.25) is 4.90 Å². The zero-order valence-electron chi connectivity index (χ0n) is 12.3. The van der Waals surface area contributed by atoms with E-state index in [1.165, 1.54) is 0 Å². The lowest BCUT2D eigenvalue weighted by Gasteiger charge is -2.23. The Balaban J connectivity index is 1.86. The molecule has 2 aromatic rings. The predicted molar refractivity (Wildman–Crippen MR) is 84.0 cm³/mol. The van der Waals surface area contributed by atoms with Crippen molar-refractivity contribution in [1.29, 1.82) is 0 Å². The van der Waals surface area contributed by atoms with Crippen LogP contribution in [-0.4, -0.2) is 43.3 Å². The normalized spacial score (nSPS) is 18.6. The second kappa shape index (κ2) is 6.18. The van der Waals surface area contributed by atoms with Crippen molar-refractivity contribution in [3.63, 3.8) is 0 Å². The van der Waals surface area contributed by atoms with Gasteiger partial charge in [-0.25, -0.2) is 4.98 Å². The quantitative estimate of drug-likeness (QED) is 0.813. The number of fused-ring (bicyclic) bond motifs is 1. The molecule has 0 N–H and O–H groups in total. The third-order valence-electron chi connectivity index (χ3n) is 4.00. The molecule has 0 bridgehead atoms. The van der Waals surface area contributed by atoms with Crippen molar-refractivity contribution in [2.75, 3.05) is 27.4 Å². The van der Waals surface area contributed by atoms with Crippen LogP contribution in [0.1, 0.15) is 12.0 Å². The van der Waals surface area contributed by atoms with Crippen LogP contribution in [0.25, 0.3) is 10.9 Å². The van der Waals surface area contributed by atoms with Crippen LogP contribution in [0.5, 0.6) is 5.75 Å². The van der Waals surface area contributed by atoms with Gasteiger partial charge in [0.1, 0.15) is 10.9 Å². The van der Waals surface area contributed by atoms with Crippen molar-refractivity contribution in [3.05, 3.63) is 35.0 Å². The van der Waals surface area contributed by atoms with E-state index in [0.717, 1.165) is 48.4 Å². The molecule has 0 aliphatic carbocycles. The molecule has 1 aromatic carbocycles. The van der Waals surface area contributed by atoms with Gasteiger partial charge in [0.15, 0.2) is 0 Å². The number of benzene rings is 1. The summed E-state index contributed by atoms with van der Waals surface area (Å²) in [6.45, 7) is 2.42. The minimum Gasteiger partial charge on any atom is -0.497 e. The Morgan fingerprint density at radius 3 is 3.00 bits per heavy atom. The second-order valence-corrected chi connectivity index (χ2v) is 5.79. The zero-order chi connectivity index (χ0) is 14.8. The molecular formula is C16H19ClN2O2. The molecular weight excluding hydrogens is 288 g/mol. The van der Waals surface area contributed by atoms with Crippen molar-refractivity contribution >= 4 is 22.5 Å². The summed E-state index contributed by atoms with van der Waals surface area (Å²) in [6.07, 6.45) is 1.08. The highest BCUT2D eigenvalue weighted by atomic mass is 35.5. The van der Waals surface area contributed by atoms with Gasteiger partial charge in [0.25, 0.3) is 0 Å². The fraction of sp³-hybridized carbons (Fsp3) is 0.438. The maximum Gasteiger partial charge on any atom is 0.134 e. The van der Waals surface area contributed by atoms with Gasteiger partial charge in [-0.1, -0.05) is 11.6 Å². The van der Waals surface area contributed by atoms with Crippen LogP contribution in [0.4, 0.5) is 0 Å². The standard InChI is InChI=1S/C16H19ClN2O2/c1-19(13-5-6-21-10-13)9-12-7-11-3-4-14(20-2)8-15(11)18-16(12)17/h3-4,7-8,13H,5-6,9-10H2,1-2H3. The number of pyridine rings is 1. The molecule has 2 heterocycles. The Morgan fingerprint density at radius 2 is 2.29 bits per heavy atom. The summed E-state index contributed by atoms with van der Waals surface area (Å²) in [5.74, 6) is 0.791. The lowest BCUT2D eigenvalue weighted by Crippen LogP contribution is -2.31. The van der Waals surface area contributed by atoms with Gasteiger partial charge in [-0.05, 0) is 31.7 Å². The van der Waals surface area contributed by atoms with E-state index < -0.39 is 0 Å². The van der Waals surface area contributed by atoms with Crippen LogP contribution in [0.15, 0.2) is 24.3 Å². The molecule has 1 atom stereocenters. The minimum absolute atomic E-state index is 0.465. The molecule has 1 aliphatic rings.